The van der Waals surface area contributed by atoms with Crippen molar-refractivity contribution in [3.05, 3.63) is 0 Å². The number of rotatable bonds is 5. The number of aliphatic hydroxyl groups excluding tert-OH is 5. The first-order chi connectivity index (χ1) is 7.46. The molecule has 0 fully saturated rings. The molecule has 0 bridgehead atoms. The van der Waals surface area contributed by atoms with Crippen molar-refractivity contribution >= 4 is 9.84 Å². The van der Waals surface area contributed by atoms with Crippen LogP contribution in [0.15, 0.2) is 0 Å². The smallest absolute Gasteiger partial charge is 0.394 e. The summed E-state index contributed by atoms with van der Waals surface area (Å²) < 4.78 is 57.1. The van der Waals surface area contributed by atoms with E-state index >= 15 is 0 Å². The SMILES string of the molecule is O=S(=O)(C(O)[C@H](O)[C@@H](O)[C@H](O)CO)C(F)(F)F. The fourth-order valence-corrected chi connectivity index (χ4v) is 1.63. The number of alkyl halides is 3. The van der Waals surface area contributed by atoms with Gasteiger partial charge in [-0.15, -0.1) is 0 Å². The van der Waals surface area contributed by atoms with Crippen LogP contribution in [0.3, 0.4) is 0 Å². The van der Waals surface area contributed by atoms with E-state index in [1.54, 1.807) is 0 Å². The zero-order chi connectivity index (χ0) is 14.0. The maximum absolute atomic E-state index is 11.9. The third-order valence-corrected chi connectivity index (χ3v) is 3.42. The van der Waals surface area contributed by atoms with Gasteiger partial charge in [-0.05, 0) is 0 Å². The zero-order valence-electron chi connectivity index (χ0n) is 8.11. The first-order valence-corrected chi connectivity index (χ1v) is 5.64. The highest BCUT2D eigenvalue weighted by Crippen LogP contribution is 2.28. The third-order valence-electron chi connectivity index (χ3n) is 1.86. The molecule has 0 aliphatic carbocycles. The summed E-state index contributed by atoms with van der Waals surface area (Å²) in [5.74, 6) is 0. The van der Waals surface area contributed by atoms with E-state index in [-0.39, 0.29) is 0 Å². The van der Waals surface area contributed by atoms with Crippen LogP contribution in [0.4, 0.5) is 13.2 Å². The van der Waals surface area contributed by atoms with E-state index in [0.717, 1.165) is 0 Å². The molecule has 5 N–H and O–H groups in total. The standard InChI is InChI=1S/C6H11F3O7S/c7-6(8,9)17(15,16)5(14)4(13)3(12)2(11)1-10/h2-5,10-14H,1H2/t2-,3+,4-,5?/m1/s1. The number of hydrogen-bond acceptors (Lipinski definition) is 7. The number of hydrogen-bond donors (Lipinski definition) is 5. The predicted octanol–water partition coefficient (Wildman–Crippen LogP) is -2.69. The first kappa shape index (κ1) is 16.5. The second kappa shape index (κ2) is 5.46. The molecule has 0 aromatic carbocycles. The molecule has 0 saturated carbocycles. The second-order valence-corrected chi connectivity index (χ2v) is 5.15. The van der Waals surface area contributed by atoms with Gasteiger partial charge in [0, 0.05) is 0 Å². The summed E-state index contributed by atoms with van der Waals surface area (Å²) in [6.07, 6.45) is -7.36. The van der Waals surface area contributed by atoms with Crippen LogP contribution in [0.2, 0.25) is 0 Å². The fraction of sp³-hybridized carbons (Fsp3) is 1.00. The van der Waals surface area contributed by atoms with Crippen LogP contribution in [0.1, 0.15) is 0 Å². The summed E-state index contributed by atoms with van der Waals surface area (Å²) in [5, 5.41) is 43.7. The first-order valence-electron chi connectivity index (χ1n) is 4.10. The Morgan fingerprint density at radius 1 is 1.00 bits per heavy atom. The number of aliphatic hydroxyl groups is 5. The lowest BCUT2D eigenvalue weighted by molar-refractivity contribution is -0.104. The van der Waals surface area contributed by atoms with Crippen molar-refractivity contribution < 1.29 is 47.1 Å². The van der Waals surface area contributed by atoms with Gasteiger partial charge in [-0.2, -0.15) is 13.2 Å². The topological polar surface area (TPSA) is 135 Å². The molecule has 104 valence electrons. The Balaban J connectivity index is 5.02. The van der Waals surface area contributed by atoms with Crippen molar-refractivity contribution in [3.8, 4) is 0 Å². The Morgan fingerprint density at radius 2 is 1.41 bits per heavy atom. The van der Waals surface area contributed by atoms with E-state index in [1.807, 2.05) is 0 Å². The van der Waals surface area contributed by atoms with Gasteiger partial charge in [0.05, 0.1) is 6.61 Å². The van der Waals surface area contributed by atoms with Crippen molar-refractivity contribution in [2.45, 2.75) is 29.3 Å². The Bertz CT molecular complexity index is 340. The average molecular weight is 284 g/mol. The fourth-order valence-electron chi connectivity index (χ4n) is 0.825. The molecule has 0 radical (unpaired) electrons. The maximum atomic E-state index is 11.9. The molecule has 0 amide bonds. The van der Waals surface area contributed by atoms with Gasteiger partial charge < -0.3 is 25.5 Å². The van der Waals surface area contributed by atoms with Crippen molar-refractivity contribution in [2.24, 2.45) is 0 Å². The third kappa shape index (κ3) is 3.50. The summed E-state index contributed by atoms with van der Waals surface area (Å²) in [4.78, 5) is 0. The van der Waals surface area contributed by atoms with Gasteiger partial charge in [-0.25, -0.2) is 8.42 Å². The van der Waals surface area contributed by atoms with E-state index < -0.39 is 45.7 Å². The summed E-state index contributed by atoms with van der Waals surface area (Å²) >= 11 is 0. The molecule has 4 atom stereocenters. The van der Waals surface area contributed by atoms with Gasteiger partial charge in [0.2, 0.25) is 0 Å². The second-order valence-electron chi connectivity index (χ2n) is 3.11. The Kier molecular flexibility index (Phi) is 5.31. The van der Waals surface area contributed by atoms with Crippen molar-refractivity contribution in [2.75, 3.05) is 6.61 Å². The van der Waals surface area contributed by atoms with E-state index in [9.17, 15) is 21.6 Å². The molecule has 0 aromatic rings. The highest BCUT2D eigenvalue weighted by atomic mass is 32.2. The molecule has 11 heteroatoms. The predicted molar refractivity (Wildman–Crippen MR) is 46.1 cm³/mol. The normalized spacial score (nSPS) is 20.7. The Labute approximate surface area is 93.7 Å². The van der Waals surface area contributed by atoms with Crippen LogP contribution >= 0.6 is 0 Å². The summed E-state index contributed by atoms with van der Waals surface area (Å²) in [7, 11) is -6.11. The average Bonchev–Trinajstić information content (AvgIpc) is 2.23. The van der Waals surface area contributed by atoms with E-state index in [2.05, 4.69) is 0 Å². The lowest BCUT2D eigenvalue weighted by atomic mass is 10.1. The molecule has 7 nitrogen and oxygen atoms in total. The molecule has 0 heterocycles. The molecule has 1 unspecified atom stereocenters. The molecule has 17 heavy (non-hydrogen) atoms. The van der Waals surface area contributed by atoms with Crippen LogP contribution in [0, 0.1) is 0 Å². The lowest BCUT2D eigenvalue weighted by Crippen LogP contribution is -2.51. The van der Waals surface area contributed by atoms with Crippen LogP contribution in [-0.4, -0.2) is 69.8 Å². The van der Waals surface area contributed by atoms with Gasteiger partial charge >= 0.3 is 5.51 Å². The Morgan fingerprint density at radius 3 is 1.71 bits per heavy atom. The van der Waals surface area contributed by atoms with Crippen LogP contribution in [-0.2, 0) is 9.84 Å². The van der Waals surface area contributed by atoms with Gasteiger partial charge in [-0.3, -0.25) is 0 Å². The minimum atomic E-state index is -6.11. The maximum Gasteiger partial charge on any atom is 0.500 e. The number of sulfone groups is 1. The van der Waals surface area contributed by atoms with Crippen molar-refractivity contribution in [1.29, 1.82) is 0 Å². The largest absolute Gasteiger partial charge is 0.500 e. The van der Waals surface area contributed by atoms with E-state index in [1.165, 1.54) is 0 Å². The van der Waals surface area contributed by atoms with Gasteiger partial charge in [-0.1, -0.05) is 0 Å². The molecular formula is C6H11F3O7S. The summed E-state index contributed by atoms with van der Waals surface area (Å²) in [6, 6.07) is 0. The van der Waals surface area contributed by atoms with Gasteiger partial charge in [0.15, 0.2) is 5.44 Å². The molecule has 0 aliphatic heterocycles. The molecule has 0 saturated heterocycles. The van der Waals surface area contributed by atoms with Crippen LogP contribution in [0.5, 0.6) is 0 Å². The van der Waals surface area contributed by atoms with Gasteiger partial charge in [0.25, 0.3) is 9.84 Å². The molecule has 0 rings (SSSR count). The van der Waals surface area contributed by atoms with Crippen molar-refractivity contribution in [3.63, 3.8) is 0 Å². The quantitative estimate of drug-likeness (QED) is 0.371. The molecule has 0 aliphatic rings. The molecule has 0 aromatic heterocycles. The lowest BCUT2D eigenvalue weighted by Gasteiger charge is -2.25. The molecular weight excluding hydrogens is 273 g/mol. The summed E-state index contributed by atoms with van der Waals surface area (Å²) in [5.41, 5.74) is -9.18. The van der Waals surface area contributed by atoms with E-state index in [4.69, 9.17) is 25.5 Å². The van der Waals surface area contributed by atoms with Crippen molar-refractivity contribution in [1.82, 2.24) is 0 Å². The number of halogens is 3. The van der Waals surface area contributed by atoms with Gasteiger partial charge in [0.1, 0.15) is 18.3 Å². The monoisotopic (exact) mass is 284 g/mol. The molecule has 0 spiro atoms. The van der Waals surface area contributed by atoms with Crippen LogP contribution < -0.4 is 0 Å². The zero-order valence-corrected chi connectivity index (χ0v) is 8.93. The highest BCUT2D eigenvalue weighted by molar-refractivity contribution is 7.92. The van der Waals surface area contributed by atoms with Crippen LogP contribution in [0.25, 0.3) is 0 Å². The van der Waals surface area contributed by atoms with E-state index in [0.29, 0.717) is 0 Å². The Hall–Kier alpha value is -0.460. The minimum Gasteiger partial charge on any atom is -0.394 e. The minimum absolute atomic E-state index is 1.14. The highest BCUT2D eigenvalue weighted by Gasteiger charge is 2.54. The summed E-state index contributed by atoms with van der Waals surface area (Å²) in [6.45, 7) is -1.14.